The SMILES string of the molecule is C.C[C@@H](c1noc(-c2cccc(Cl)c2)n1)N1CCCn2c(-c3ccncc3)nnc21. The summed E-state index contributed by atoms with van der Waals surface area (Å²) >= 11 is 6.07. The van der Waals surface area contributed by atoms with Crippen molar-refractivity contribution in [2.75, 3.05) is 11.4 Å². The van der Waals surface area contributed by atoms with E-state index in [0.717, 1.165) is 42.4 Å². The number of rotatable bonds is 4. The predicted octanol–water partition coefficient (Wildman–Crippen LogP) is 4.65. The molecule has 1 atom stereocenters. The monoisotopic (exact) mass is 423 g/mol. The molecular formula is C21H22ClN7O. The van der Waals surface area contributed by atoms with E-state index < -0.39 is 0 Å². The molecule has 0 radical (unpaired) electrons. The van der Waals surface area contributed by atoms with E-state index in [1.54, 1.807) is 12.4 Å². The van der Waals surface area contributed by atoms with Crippen LogP contribution in [0, 0.1) is 0 Å². The molecular weight excluding hydrogens is 402 g/mol. The lowest BCUT2D eigenvalue weighted by Crippen LogP contribution is -2.35. The standard InChI is InChI=1S/C20H18ClN7O.CH4/c1-13(17-23-19(29-26-17)15-4-2-5-16(21)12-15)27-10-3-11-28-18(24-25-20(27)28)14-6-8-22-9-7-14;/h2,4-9,12-13H,3,10-11H2,1H3;1H4/t13-;/m0./s1. The molecule has 0 saturated heterocycles. The summed E-state index contributed by atoms with van der Waals surface area (Å²) in [6.45, 7) is 3.75. The van der Waals surface area contributed by atoms with E-state index in [1.165, 1.54) is 0 Å². The van der Waals surface area contributed by atoms with Gasteiger partial charge >= 0.3 is 0 Å². The average Bonchev–Trinajstić information content (AvgIpc) is 3.41. The first kappa shape index (κ1) is 20.0. The summed E-state index contributed by atoms with van der Waals surface area (Å²) in [4.78, 5) is 10.8. The van der Waals surface area contributed by atoms with Crippen LogP contribution >= 0.6 is 11.6 Å². The van der Waals surface area contributed by atoms with Crippen LogP contribution in [0.15, 0.2) is 53.3 Å². The van der Waals surface area contributed by atoms with Gasteiger partial charge in [0.2, 0.25) is 5.95 Å². The zero-order valence-electron chi connectivity index (χ0n) is 15.7. The molecule has 154 valence electrons. The highest BCUT2D eigenvalue weighted by Crippen LogP contribution is 2.32. The summed E-state index contributed by atoms with van der Waals surface area (Å²) in [5, 5.41) is 13.7. The zero-order chi connectivity index (χ0) is 19.8. The van der Waals surface area contributed by atoms with Crippen LogP contribution in [0.4, 0.5) is 5.95 Å². The number of aromatic nitrogens is 6. The van der Waals surface area contributed by atoms with E-state index >= 15 is 0 Å². The molecule has 9 heteroatoms. The lowest BCUT2D eigenvalue weighted by Gasteiger charge is -2.32. The van der Waals surface area contributed by atoms with Gasteiger partial charge in [0.05, 0.1) is 6.04 Å². The number of anilines is 1. The highest BCUT2D eigenvalue weighted by Gasteiger charge is 2.29. The van der Waals surface area contributed by atoms with Crippen molar-refractivity contribution in [1.29, 1.82) is 0 Å². The first-order valence-corrected chi connectivity index (χ1v) is 9.78. The number of fused-ring (bicyclic) bond motifs is 1. The van der Waals surface area contributed by atoms with Gasteiger partial charge in [0.15, 0.2) is 11.6 Å². The van der Waals surface area contributed by atoms with E-state index in [-0.39, 0.29) is 13.5 Å². The van der Waals surface area contributed by atoms with Gasteiger partial charge in [0.25, 0.3) is 5.89 Å². The van der Waals surface area contributed by atoms with Gasteiger partial charge in [-0.3, -0.25) is 9.55 Å². The van der Waals surface area contributed by atoms with E-state index in [9.17, 15) is 0 Å². The van der Waals surface area contributed by atoms with Gasteiger partial charge in [-0.05, 0) is 43.7 Å². The number of benzene rings is 1. The zero-order valence-corrected chi connectivity index (χ0v) is 16.5. The van der Waals surface area contributed by atoms with Gasteiger partial charge in [-0.15, -0.1) is 10.2 Å². The molecule has 8 nitrogen and oxygen atoms in total. The molecule has 4 heterocycles. The average molecular weight is 424 g/mol. The van der Waals surface area contributed by atoms with Crippen LogP contribution in [0.25, 0.3) is 22.8 Å². The first-order chi connectivity index (χ1) is 14.2. The molecule has 3 aromatic heterocycles. The lowest BCUT2D eigenvalue weighted by molar-refractivity contribution is 0.411. The van der Waals surface area contributed by atoms with Gasteiger partial charge in [0.1, 0.15) is 0 Å². The third-order valence-corrected chi connectivity index (χ3v) is 5.30. The van der Waals surface area contributed by atoms with Crippen LogP contribution in [-0.2, 0) is 6.54 Å². The minimum absolute atomic E-state index is 0. The Morgan fingerprint density at radius 3 is 2.70 bits per heavy atom. The second-order valence-electron chi connectivity index (χ2n) is 6.90. The summed E-state index contributed by atoms with van der Waals surface area (Å²) in [6, 6.07) is 11.1. The molecule has 0 aliphatic carbocycles. The van der Waals surface area contributed by atoms with Crippen LogP contribution in [-0.4, -0.2) is 36.4 Å². The molecule has 0 bridgehead atoms. The smallest absolute Gasteiger partial charge is 0.258 e. The van der Waals surface area contributed by atoms with Crippen LogP contribution in [0.1, 0.15) is 32.6 Å². The summed E-state index contributed by atoms with van der Waals surface area (Å²) in [6.07, 6.45) is 4.50. The Kier molecular flexibility index (Phi) is 5.50. The van der Waals surface area contributed by atoms with Crippen molar-refractivity contribution in [2.24, 2.45) is 0 Å². The Morgan fingerprint density at radius 2 is 1.90 bits per heavy atom. The highest BCUT2D eigenvalue weighted by molar-refractivity contribution is 6.30. The van der Waals surface area contributed by atoms with E-state index in [1.807, 2.05) is 43.3 Å². The maximum Gasteiger partial charge on any atom is 0.258 e. The minimum atomic E-state index is -0.111. The van der Waals surface area contributed by atoms with Crippen molar-refractivity contribution in [3.05, 3.63) is 59.6 Å². The molecule has 5 rings (SSSR count). The van der Waals surface area contributed by atoms with E-state index in [0.29, 0.717) is 16.7 Å². The van der Waals surface area contributed by atoms with Gasteiger partial charge < -0.3 is 9.42 Å². The van der Waals surface area contributed by atoms with Crippen molar-refractivity contribution in [3.63, 3.8) is 0 Å². The van der Waals surface area contributed by atoms with Gasteiger partial charge in [0, 0.05) is 41.6 Å². The third-order valence-electron chi connectivity index (χ3n) is 5.06. The number of pyridine rings is 1. The molecule has 0 saturated carbocycles. The molecule has 0 amide bonds. The normalized spacial score (nSPS) is 14.1. The Hall–Kier alpha value is -3.26. The van der Waals surface area contributed by atoms with E-state index in [4.69, 9.17) is 16.1 Å². The molecule has 1 aliphatic rings. The summed E-state index contributed by atoms with van der Waals surface area (Å²) < 4.78 is 7.62. The van der Waals surface area contributed by atoms with Crippen molar-refractivity contribution in [1.82, 2.24) is 29.9 Å². The Morgan fingerprint density at radius 1 is 1.07 bits per heavy atom. The molecule has 30 heavy (non-hydrogen) atoms. The Bertz CT molecular complexity index is 1140. The highest BCUT2D eigenvalue weighted by atomic mass is 35.5. The summed E-state index contributed by atoms with van der Waals surface area (Å²) in [5.74, 6) is 2.70. The molecule has 0 fully saturated rings. The fourth-order valence-corrected chi connectivity index (χ4v) is 3.77. The Balaban J connectivity index is 0.00000218. The Labute approximate surface area is 179 Å². The van der Waals surface area contributed by atoms with Crippen LogP contribution in [0.5, 0.6) is 0 Å². The maximum absolute atomic E-state index is 6.07. The maximum atomic E-state index is 6.07. The van der Waals surface area contributed by atoms with Crippen molar-refractivity contribution in [3.8, 4) is 22.8 Å². The number of hydrogen-bond acceptors (Lipinski definition) is 7. The second-order valence-corrected chi connectivity index (χ2v) is 7.34. The quantitative estimate of drug-likeness (QED) is 0.472. The summed E-state index contributed by atoms with van der Waals surface area (Å²) in [7, 11) is 0. The molecule has 0 unspecified atom stereocenters. The third kappa shape index (κ3) is 3.54. The van der Waals surface area contributed by atoms with E-state index in [2.05, 4.69) is 34.8 Å². The number of halogens is 1. The molecule has 1 aromatic carbocycles. The number of hydrogen-bond donors (Lipinski definition) is 0. The van der Waals surface area contributed by atoms with Gasteiger partial charge in [-0.2, -0.15) is 4.98 Å². The topological polar surface area (TPSA) is 85.8 Å². The van der Waals surface area contributed by atoms with Gasteiger partial charge in [-0.25, -0.2) is 0 Å². The fourth-order valence-electron chi connectivity index (χ4n) is 3.58. The number of nitrogens with zero attached hydrogens (tertiary/aromatic N) is 7. The van der Waals surface area contributed by atoms with Crippen molar-refractivity contribution in [2.45, 2.75) is 33.4 Å². The molecule has 0 spiro atoms. The van der Waals surface area contributed by atoms with Crippen LogP contribution < -0.4 is 4.90 Å². The fraction of sp³-hybridized carbons (Fsp3) is 0.286. The van der Waals surface area contributed by atoms with Crippen LogP contribution in [0.2, 0.25) is 5.02 Å². The second kappa shape index (κ2) is 8.23. The largest absolute Gasteiger partial charge is 0.334 e. The van der Waals surface area contributed by atoms with Gasteiger partial charge in [-0.1, -0.05) is 30.3 Å². The summed E-state index contributed by atoms with van der Waals surface area (Å²) in [5.41, 5.74) is 1.79. The lowest BCUT2D eigenvalue weighted by atomic mass is 10.2. The van der Waals surface area contributed by atoms with Crippen molar-refractivity contribution >= 4 is 17.5 Å². The first-order valence-electron chi connectivity index (χ1n) is 9.40. The van der Waals surface area contributed by atoms with Crippen molar-refractivity contribution < 1.29 is 4.52 Å². The molecule has 4 aromatic rings. The van der Waals surface area contributed by atoms with Crippen LogP contribution in [0.3, 0.4) is 0 Å². The molecule has 1 aliphatic heterocycles. The minimum Gasteiger partial charge on any atom is -0.334 e. The predicted molar refractivity (Wildman–Crippen MR) is 115 cm³/mol. The molecule has 0 N–H and O–H groups in total.